The Kier molecular flexibility index (Phi) is 5.18. The van der Waals surface area contributed by atoms with E-state index in [1.807, 2.05) is 48.5 Å². The summed E-state index contributed by atoms with van der Waals surface area (Å²) in [5.41, 5.74) is 2.89. The summed E-state index contributed by atoms with van der Waals surface area (Å²) in [6.45, 7) is 2.19. The van der Waals surface area contributed by atoms with Gasteiger partial charge < -0.3 is 14.8 Å². The summed E-state index contributed by atoms with van der Waals surface area (Å²) in [6.07, 6.45) is 0. The van der Waals surface area contributed by atoms with Crippen LogP contribution in [0.4, 0.5) is 5.95 Å². The van der Waals surface area contributed by atoms with Crippen molar-refractivity contribution in [1.29, 1.82) is 0 Å². The molecule has 148 valence electrons. The van der Waals surface area contributed by atoms with Crippen LogP contribution in [-0.4, -0.2) is 33.3 Å². The lowest BCUT2D eigenvalue weighted by Gasteiger charge is -2.27. The monoisotopic (exact) mass is 411 g/mol. The topological polar surface area (TPSA) is 91.2 Å². The molecule has 8 nitrogen and oxygen atoms in total. The molecule has 1 aromatic heterocycles. The van der Waals surface area contributed by atoms with Gasteiger partial charge in [0.15, 0.2) is 0 Å². The number of hydrogen-bond acceptors (Lipinski definition) is 7. The van der Waals surface area contributed by atoms with Crippen LogP contribution < -0.4 is 10.1 Å². The van der Waals surface area contributed by atoms with Gasteiger partial charge in [0.25, 0.3) is 0 Å². The van der Waals surface area contributed by atoms with Crippen LogP contribution in [0.1, 0.15) is 24.1 Å². The molecule has 9 heteroatoms. The molecule has 0 radical (unpaired) electrons. The van der Waals surface area contributed by atoms with E-state index in [2.05, 4.69) is 20.8 Å². The standard InChI is InChI=1S/C20H18ClN5O3/c1-12-17(19(27)28-2)18(26-20(22-12)23-24-25-26)14-6-8-16(9-7-14)29-11-13-4-3-5-15(21)10-13/h3-10,18H,11H2,1-2H3,(H,22,23,25). The third kappa shape index (κ3) is 3.79. The number of halogens is 1. The number of benzene rings is 2. The van der Waals surface area contributed by atoms with Crippen molar-refractivity contribution in [1.82, 2.24) is 20.2 Å². The molecule has 0 fully saturated rings. The molecule has 0 saturated carbocycles. The molecule has 3 aromatic rings. The summed E-state index contributed by atoms with van der Waals surface area (Å²) in [6, 6.07) is 14.5. The molecular weight excluding hydrogens is 394 g/mol. The molecule has 4 rings (SSSR count). The molecule has 1 atom stereocenters. The lowest BCUT2D eigenvalue weighted by Crippen LogP contribution is -2.29. The number of fused-ring (bicyclic) bond motifs is 1. The molecule has 1 aliphatic rings. The Morgan fingerprint density at radius 1 is 1.24 bits per heavy atom. The second-order valence-corrected chi connectivity index (χ2v) is 6.93. The maximum atomic E-state index is 12.4. The van der Waals surface area contributed by atoms with Crippen LogP contribution in [0.5, 0.6) is 5.75 Å². The van der Waals surface area contributed by atoms with Crippen molar-refractivity contribution in [2.24, 2.45) is 0 Å². The number of aromatic nitrogens is 4. The van der Waals surface area contributed by atoms with Gasteiger partial charge in [-0.15, -0.1) is 0 Å². The number of hydrogen-bond donors (Lipinski definition) is 1. The first-order valence-electron chi connectivity index (χ1n) is 8.88. The number of nitrogens with zero attached hydrogens (tertiary/aromatic N) is 4. The minimum Gasteiger partial charge on any atom is -0.489 e. The van der Waals surface area contributed by atoms with E-state index in [-0.39, 0.29) is 0 Å². The molecule has 0 spiro atoms. The highest BCUT2D eigenvalue weighted by molar-refractivity contribution is 6.30. The number of carbonyl (C=O) groups is 1. The molecule has 0 aliphatic carbocycles. The summed E-state index contributed by atoms with van der Waals surface area (Å²) < 4.78 is 12.4. The highest BCUT2D eigenvalue weighted by Gasteiger charge is 2.34. The Hall–Kier alpha value is -3.39. The van der Waals surface area contributed by atoms with E-state index in [0.29, 0.717) is 34.6 Å². The summed E-state index contributed by atoms with van der Waals surface area (Å²) >= 11 is 6.01. The smallest absolute Gasteiger partial charge is 0.338 e. The highest BCUT2D eigenvalue weighted by atomic mass is 35.5. The van der Waals surface area contributed by atoms with Gasteiger partial charge in [-0.05, 0) is 52.7 Å². The molecule has 1 unspecified atom stereocenters. The van der Waals surface area contributed by atoms with Crippen molar-refractivity contribution >= 4 is 23.5 Å². The zero-order chi connectivity index (χ0) is 20.4. The fraction of sp³-hybridized carbons (Fsp3) is 0.200. The first-order valence-corrected chi connectivity index (χ1v) is 9.26. The Morgan fingerprint density at radius 3 is 2.76 bits per heavy atom. The number of methoxy groups -OCH3 is 1. The fourth-order valence-corrected chi connectivity index (χ4v) is 3.45. The molecule has 2 aromatic carbocycles. The van der Waals surface area contributed by atoms with Gasteiger partial charge in [0.1, 0.15) is 18.4 Å². The van der Waals surface area contributed by atoms with Crippen LogP contribution in [0.2, 0.25) is 5.02 Å². The normalized spacial score (nSPS) is 15.5. The van der Waals surface area contributed by atoms with Crippen molar-refractivity contribution in [3.8, 4) is 5.75 Å². The largest absolute Gasteiger partial charge is 0.489 e. The van der Waals surface area contributed by atoms with Gasteiger partial charge in [0.05, 0.1) is 12.7 Å². The van der Waals surface area contributed by atoms with E-state index in [0.717, 1.165) is 11.1 Å². The third-order valence-corrected chi connectivity index (χ3v) is 4.84. The van der Waals surface area contributed by atoms with Gasteiger partial charge in [-0.2, -0.15) is 4.68 Å². The molecule has 0 saturated heterocycles. The molecular formula is C20H18ClN5O3. The second kappa shape index (κ2) is 7.92. The van der Waals surface area contributed by atoms with E-state index in [1.54, 1.807) is 11.6 Å². The van der Waals surface area contributed by atoms with Gasteiger partial charge >= 0.3 is 5.97 Å². The Bertz CT molecular complexity index is 1080. The van der Waals surface area contributed by atoms with Crippen LogP contribution in [0.25, 0.3) is 0 Å². The summed E-state index contributed by atoms with van der Waals surface area (Å²) in [5, 5.41) is 15.4. The van der Waals surface area contributed by atoms with Crippen LogP contribution >= 0.6 is 11.6 Å². The Balaban J connectivity index is 1.59. The second-order valence-electron chi connectivity index (χ2n) is 6.49. The SMILES string of the molecule is COC(=O)C1=C(C)Nc2nnnn2C1c1ccc(OCc2cccc(Cl)c2)cc1. The number of rotatable bonds is 5. The average molecular weight is 412 g/mol. The first kappa shape index (κ1) is 18.9. The van der Waals surface area contributed by atoms with Crippen molar-refractivity contribution in [3.63, 3.8) is 0 Å². The number of anilines is 1. The maximum Gasteiger partial charge on any atom is 0.338 e. The number of ether oxygens (including phenoxy) is 2. The van der Waals surface area contributed by atoms with E-state index >= 15 is 0 Å². The van der Waals surface area contributed by atoms with Crippen molar-refractivity contribution in [3.05, 3.63) is 76.0 Å². The Labute approximate surface area is 172 Å². The lowest BCUT2D eigenvalue weighted by atomic mass is 9.96. The highest BCUT2D eigenvalue weighted by Crippen LogP contribution is 2.35. The molecule has 1 aliphatic heterocycles. The van der Waals surface area contributed by atoms with Crippen LogP contribution in [0.3, 0.4) is 0 Å². The Morgan fingerprint density at radius 2 is 2.03 bits per heavy atom. The molecule has 0 bridgehead atoms. The average Bonchev–Trinajstić information content (AvgIpc) is 3.19. The van der Waals surface area contributed by atoms with Crippen molar-refractivity contribution in [2.45, 2.75) is 19.6 Å². The van der Waals surface area contributed by atoms with E-state index in [1.165, 1.54) is 7.11 Å². The van der Waals surface area contributed by atoms with Crippen molar-refractivity contribution in [2.75, 3.05) is 12.4 Å². The summed E-state index contributed by atoms with van der Waals surface area (Å²) in [7, 11) is 1.35. The van der Waals surface area contributed by atoms with Gasteiger partial charge in [-0.3, -0.25) is 0 Å². The van der Waals surface area contributed by atoms with E-state index < -0.39 is 12.0 Å². The zero-order valence-electron chi connectivity index (χ0n) is 15.8. The quantitative estimate of drug-likeness (QED) is 0.643. The van der Waals surface area contributed by atoms with Crippen LogP contribution in [-0.2, 0) is 16.1 Å². The number of carbonyl (C=O) groups excluding carboxylic acids is 1. The van der Waals surface area contributed by atoms with E-state index in [9.17, 15) is 4.79 Å². The summed E-state index contributed by atoms with van der Waals surface area (Å²) in [5.74, 6) is 0.712. The fourth-order valence-electron chi connectivity index (χ4n) is 3.23. The molecule has 1 N–H and O–H groups in total. The minimum absolute atomic E-state index is 0.400. The number of tetrazole rings is 1. The first-order chi connectivity index (χ1) is 14.1. The van der Waals surface area contributed by atoms with E-state index in [4.69, 9.17) is 21.1 Å². The molecule has 29 heavy (non-hydrogen) atoms. The number of allylic oxidation sites excluding steroid dienone is 1. The van der Waals surface area contributed by atoms with Crippen molar-refractivity contribution < 1.29 is 14.3 Å². The van der Waals surface area contributed by atoms with Gasteiger partial charge in [0, 0.05) is 10.7 Å². The predicted octanol–water partition coefficient (Wildman–Crippen LogP) is 3.37. The molecule has 0 amide bonds. The lowest BCUT2D eigenvalue weighted by molar-refractivity contribution is -0.136. The van der Waals surface area contributed by atoms with Gasteiger partial charge in [0.2, 0.25) is 5.95 Å². The predicted molar refractivity (Wildman–Crippen MR) is 107 cm³/mol. The number of nitrogens with one attached hydrogen (secondary N) is 1. The van der Waals surface area contributed by atoms with Crippen LogP contribution in [0.15, 0.2) is 59.8 Å². The number of esters is 1. The van der Waals surface area contributed by atoms with Gasteiger partial charge in [-0.25, -0.2) is 4.79 Å². The maximum absolute atomic E-state index is 12.4. The molecule has 2 heterocycles. The minimum atomic E-state index is -0.504. The van der Waals surface area contributed by atoms with Crippen LogP contribution in [0, 0.1) is 0 Å². The third-order valence-electron chi connectivity index (χ3n) is 4.61. The van der Waals surface area contributed by atoms with Gasteiger partial charge in [-0.1, -0.05) is 41.0 Å². The zero-order valence-corrected chi connectivity index (χ0v) is 16.6. The summed E-state index contributed by atoms with van der Waals surface area (Å²) in [4.78, 5) is 12.4.